The number of anilines is 1. The predicted molar refractivity (Wildman–Crippen MR) is 74.6 cm³/mol. The molecule has 3 nitrogen and oxygen atoms in total. The van der Waals surface area contributed by atoms with Crippen molar-refractivity contribution in [2.24, 2.45) is 5.92 Å². The van der Waals surface area contributed by atoms with Crippen molar-refractivity contribution in [3.63, 3.8) is 0 Å². The van der Waals surface area contributed by atoms with Gasteiger partial charge < -0.3 is 10.2 Å². The maximum Gasteiger partial charge on any atom is 0.128 e. The summed E-state index contributed by atoms with van der Waals surface area (Å²) in [4.78, 5) is 6.82. The molecular formula is C14H25N3. The van der Waals surface area contributed by atoms with Crippen LogP contribution in [0.25, 0.3) is 0 Å². The van der Waals surface area contributed by atoms with Crippen LogP contribution in [-0.2, 0) is 0 Å². The van der Waals surface area contributed by atoms with Gasteiger partial charge in [0.05, 0.1) is 0 Å². The summed E-state index contributed by atoms with van der Waals surface area (Å²) in [7, 11) is 0. The highest BCUT2D eigenvalue weighted by Gasteiger charge is 2.10. The van der Waals surface area contributed by atoms with Crippen LogP contribution in [0.1, 0.15) is 26.5 Å². The van der Waals surface area contributed by atoms with Gasteiger partial charge in [0.1, 0.15) is 5.82 Å². The summed E-state index contributed by atoms with van der Waals surface area (Å²) in [5.74, 6) is 1.95. The lowest BCUT2D eigenvalue weighted by molar-refractivity contribution is 0.584. The van der Waals surface area contributed by atoms with Crippen LogP contribution in [0.15, 0.2) is 18.2 Å². The lowest BCUT2D eigenvalue weighted by Crippen LogP contribution is -2.43. The molecule has 2 heterocycles. The zero-order valence-corrected chi connectivity index (χ0v) is 11.5. The lowest BCUT2D eigenvalue weighted by Gasteiger charge is -2.28. The van der Waals surface area contributed by atoms with Crippen LogP contribution in [0, 0.1) is 12.8 Å². The molecule has 17 heavy (non-hydrogen) atoms. The van der Waals surface area contributed by atoms with Gasteiger partial charge in [-0.3, -0.25) is 0 Å². The zero-order chi connectivity index (χ0) is 12.7. The lowest BCUT2D eigenvalue weighted by atomic mass is 10.3. The molecule has 1 aromatic heterocycles. The third-order valence-corrected chi connectivity index (χ3v) is 2.31. The normalized spacial score (nSPS) is 15.5. The van der Waals surface area contributed by atoms with Crippen molar-refractivity contribution in [2.45, 2.75) is 27.7 Å². The summed E-state index contributed by atoms with van der Waals surface area (Å²) in [6, 6.07) is 6.18. The van der Waals surface area contributed by atoms with E-state index in [0.717, 1.165) is 43.6 Å². The Morgan fingerprint density at radius 1 is 1.18 bits per heavy atom. The molecule has 0 saturated carbocycles. The first kappa shape index (κ1) is 14.0. The van der Waals surface area contributed by atoms with E-state index >= 15 is 0 Å². The fraction of sp³-hybridized carbons (Fsp3) is 0.643. The molecule has 1 aliphatic rings. The predicted octanol–water partition coefficient (Wildman–Crippen LogP) is 2.46. The molecule has 0 unspecified atom stereocenters. The molecule has 0 atom stereocenters. The summed E-state index contributed by atoms with van der Waals surface area (Å²) in [6.07, 6.45) is 0. The number of nitrogens with one attached hydrogen (secondary N) is 1. The standard InChI is InChI=1S/C10H15N3.C4H10/c1-9-3-2-4-10(12-9)13-7-5-11-6-8-13;1-4(2)3/h2-4,11H,5-8H2,1H3;4H,1-3H3. The van der Waals surface area contributed by atoms with E-state index in [0.29, 0.717) is 0 Å². The molecule has 0 radical (unpaired) electrons. The quantitative estimate of drug-likeness (QED) is 0.810. The highest BCUT2D eigenvalue weighted by atomic mass is 15.2. The van der Waals surface area contributed by atoms with Crippen LogP contribution in [0.2, 0.25) is 0 Å². The van der Waals surface area contributed by atoms with Gasteiger partial charge in [-0.15, -0.1) is 0 Å². The molecule has 0 aromatic carbocycles. The van der Waals surface area contributed by atoms with Crippen molar-refractivity contribution >= 4 is 5.82 Å². The molecule has 0 amide bonds. The second-order valence-corrected chi connectivity index (χ2v) is 5.11. The first-order valence-electron chi connectivity index (χ1n) is 6.49. The molecule has 1 aliphatic heterocycles. The van der Waals surface area contributed by atoms with Crippen LogP contribution < -0.4 is 10.2 Å². The van der Waals surface area contributed by atoms with E-state index in [1.54, 1.807) is 0 Å². The third-order valence-electron chi connectivity index (χ3n) is 2.31. The van der Waals surface area contributed by atoms with E-state index in [-0.39, 0.29) is 0 Å². The Labute approximate surface area is 105 Å². The zero-order valence-electron chi connectivity index (χ0n) is 11.5. The van der Waals surface area contributed by atoms with Crippen molar-refractivity contribution < 1.29 is 0 Å². The molecule has 0 spiro atoms. The molecule has 1 saturated heterocycles. The van der Waals surface area contributed by atoms with E-state index in [1.165, 1.54) is 0 Å². The molecule has 96 valence electrons. The van der Waals surface area contributed by atoms with E-state index < -0.39 is 0 Å². The van der Waals surface area contributed by atoms with Crippen LogP contribution in [-0.4, -0.2) is 31.2 Å². The monoisotopic (exact) mass is 235 g/mol. The minimum Gasteiger partial charge on any atom is -0.354 e. The second-order valence-electron chi connectivity index (χ2n) is 5.11. The van der Waals surface area contributed by atoms with Gasteiger partial charge in [-0.2, -0.15) is 0 Å². The van der Waals surface area contributed by atoms with Gasteiger partial charge in [0, 0.05) is 31.9 Å². The summed E-state index contributed by atoms with van der Waals surface area (Å²) < 4.78 is 0. The largest absolute Gasteiger partial charge is 0.354 e. The number of aryl methyl sites for hydroxylation is 1. The van der Waals surface area contributed by atoms with Crippen molar-refractivity contribution in [2.75, 3.05) is 31.1 Å². The highest BCUT2D eigenvalue weighted by Crippen LogP contribution is 2.11. The fourth-order valence-corrected chi connectivity index (χ4v) is 1.60. The van der Waals surface area contributed by atoms with Crippen LogP contribution in [0.5, 0.6) is 0 Å². The molecular weight excluding hydrogens is 210 g/mol. The van der Waals surface area contributed by atoms with Gasteiger partial charge in [-0.1, -0.05) is 26.8 Å². The van der Waals surface area contributed by atoms with Crippen LogP contribution >= 0.6 is 0 Å². The number of rotatable bonds is 1. The molecule has 3 heteroatoms. The van der Waals surface area contributed by atoms with Crippen LogP contribution in [0.3, 0.4) is 0 Å². The Morgan fingerprint density at radius 2 is 1.76 bits per heavy atom. The minimum atomic E-state index is 0.833. The van der Waals surface area contributed by atoms with Gasteiger partial charge in [0.15, 0.2) is 0 Å². The molecule has 1 fully saturated rings. The number of piperazine rings is 1. The van der Waals surface area contributed by atoms with Crippen LogP contribution in [0.4, 0.5) is 5.82 Å². The Hall–Kier alpha value is -1.09. The Morgan fingerprint density at radius 3 is 2.29 bits per heavy atom. The molecule has 1 aromatic rings. The number of hydrogen-bond acceptors (Lipinski definition) is 3. The summed E-state index contributed by atoms with van der Waals surface area (Å²) in [6.45, 7) is 12.8. The maximum absolute atomic E-state index is 4.50. The minimum absolute atomic E-state index is 0.833. The molecule has 0 bridgehead atoms. The van der Waals surface area contributed by atoms with E-state index in [1.807, 2.05) is 13.0 Å². The van der Waals surface area contributed by atoms with Crippen molar-refractivity contribution in [1.29, 1.82) is 0 Å². The molecule has 1 N–H and O–H groups in total. The first-order chi connectivity index (χ1) is 8.09. The van der Waals surface area contributed by atoms with Gasteiger partial charge >= 0.3 is 0 Å². The summed E-state index contributed by atoms with van der Waals surface area (Å²) in [5.41, 5.74) is 1.09. The van der Waals surface area contributed by atoms with E-state index in [4.69, 9.17) is 0 Å². The summed E-state index contributed by atoms with van der Waals surface area (Å²) in [5, 5.41) is 3.33. The van der Waals surface area contributed by atoms with Gasteiger partial charge in [0.2, 0.25) is 0 Å². The number of nitrogens with zero attached hydrogens (tertiary/aromatic N) is 2. The maximum atomic E-state index is 4.50. The Balaban J connectivity index is 0.000000317. The van der Waals surface area contributed by atoms with Crippen molar-refractivity contribution in [3.05, 3.63) is 23.9 Å². The number of aromatic nitrogens is 1. The number of pyridine rings is 1. The fourth-order valence-electron chi connectivity index (χ4n) is 1.60. The average molecular weight is 235 g/mol. The first-order valence-corrected chi connectivity index (χ1v) is 6.49. The summed E-state index contributed by atoms with van der Waals surface area (Å²) >= 11 is 0. The smallest absolute Gasteiger partial charge is 0.128 e. The SMILES string of the molecule is CC(C)C.Cc1cccc(N2CCNCC2)n1. The molecule has 0 aliphatic carbocycles. The van der Waals surface area contributed by atoms with E-state index in [9.17, 15) is 0 Å². The van der Waals surface area contributed by atoms with Crippen molar-refractivity contribution in [1.82, 2.24) is 10.3 Å². The van der Waals surface area contributed by atoms with Gasteiger partial charge in [-0.25, -0.2) is 4.98 Å². The second kappa shape index (κ2) is 7.28. The molecule has 2 rings (SSSR count). The van der Waals surface area contributed by atoms with Gasteiger partial charge in [0.25, 0.3) is 0 Å². The third kappa shape index (κ3) is 5.68. The average Bonchev–Trinajstić information content (AvgIpc) is 2.29. The Kier molecular flexibility index (Phi) is 5.98. The Bertz CT molecular complexity index is 314. The van der Waals surface area contributed by atoms with Gasteiger partial charge in [-0.05, 0) is 25.0 Å². The van der Waals surface area contributed by atoms with Crippen molar-refractivity contribution in [3.8, 4) is 0 Å². The van der Waals surface area contributed by atoms with E-state index in [2.05, 4.69) is 48.1 Å². The topological polar surface area (TPSA) is 28.2 Å². The number of hydrogen-bond donors (Lipinski definition) is 1. The highest BCUT2D eigenvalue weighted by molar-refractivity contribution is 5.39.